The maximum atomic E-state index is 13.8. The zero-order valence-electron chi connectivity index (χ0n) is 18.7. The molecule has 0 N–H and O–H groups in total. The summed E-state index contributed by atoms with van der Waals surface area (Å²) in [4.78, 5) is 17.8. The van der Waals surface area contributed by atoms with Crippen LogP contribution in [0.1, 0.15) is 16.7 Å². The second kappa shape index (κ2) is 10.0. The molecule has 0 radical (unpaired) electrons. The summed E-state index contributed by atoms with van der Waals surface area (Å²) < 4.78 is 15.3. The number of hydrogen-bond acceptors (Lipinski definition) is 4. The molecule has 0 bridgehead atoms. The molecule has 32 heavy (non-hydrogen) atoms. The molecule has 1 saturated heterocycles. The predicted molar refractivity (Wildman–Crippen MR) is 127 cm³/mol. The number of aryl methyl sites for hydroxylation is 1. The summed E-state index contributed by atoms with van der Waals surface area (Å²) in [6.07, 6.45) is 3.94. The van der Waals surface area contributed by atoms with Crippen molar-refractivity contribution in [3.63, 3.8) is 0 Å². The van der Waals surface area contributed by atoms with Crippen LogP contribution in [0.25, 0.3) is 17.3 Å². The van der Waals surface area contributed by atoms with Gasteiger partial charge < -0.3 is 4.90 Å². The molecule has 1 aliphatic heterocycles. The fraction of sp³-hybridized carbons (Fsp3) is 0.308. The number of piperazine rings is 1. The van der Waals surface area contributed by atoms with Gasteiger partial charge in [0.1, 0.15) is 5.82 Å². The Bertz CT molecular complexity index is 1150. The molecule has 0 saturated carbocycles. The minimum Gasteiger partial charge on any atom is -0.304 e. The first-order chi connectivity index (χ1) is 15.5. The standard InChI is InChI=1S/C26H29FN4O/c1-20-17-22(10-11-24(20)27)25-18-23(19-30-15-13-29(2)14-16-30)26(32)31(28-25)12-6-9-21-7-4-3-5-8-21/h3-11,17-18H,12-16,19H2,1-2H3. The van der Waals surface area contributed by atoms with E-state index in [4.69, 9.17) is 0 Å². The molecule has 1 aliphatic rings. The van der Waals surface area contributed by atoms with Crippen LogP contribution in [0.5, 0.6) is 0 Å². The van der Waals surface area contributed by atoms with Gasteiger partial charge in [0.2, 0.25) is 0 Å². The molecule has 1 fully saturated rings. The lowest BCUT2D eigenvalue weighted by molar-refractivity contribution is 0.147. The van der Waals surface area contributed by atoms with E-state index < -0.39 is 0 Å². The fourth-order valence-electron chi connectivity index (χ4n) is 3.88. The van der Waals surface area contributed by atoms with E-state index in [-0.39, 0.29) is 11.4 Å². The van der Waals surface area contributed by atoms with Crippen LogP contribution in [0.4, 0.5) is 4.39 Å². The zero-order valence-corrected chi connectivity index (χ0v) is 18.7. The first-order valence-electron chi connectivity index (χ1n) is 11.0. The second-order valence-corrected chi connectivity index (χ2v) is 8.40. The number of benzene rings is 2. The van der Waals surface area contributed by atoms with E-state index in [2.05, 4.69) is 21.9 Å². The highest BCUT2D eigenvalue weighted by molar-refractivity contribution is 5.60. The maximum absolute atomic E-state index is 13.8. The topological polar surface area (TPSA) is 41.4 Å². The van der Waals surface area contributed by atoms with E-state index in [1.165, 1.54) is 10.7 Å². The minimum atomic E-state index is -0.245. The van der Waals surface area contributed by atoms with Crippen molar-refractivity contribution in [3.05, 3.63) is 93.5 Å². The maximum Gasteiger partial charge on any atom is 0.271 e. The number of allylic oxidation sites excluding steroid dienone is 1. The van der Waals surface area contributed by atoms with E-state index in [9.17, 15) is 9.18 Å². The van der Waals surface area contributed by atoms with Gasteiger partial charge in [0.25, 0.3) is 5.56 Å². The molecular weight excluding hydrogens is 403 g/mol. The Morgan fingerprint density at radius 2 is 1.78 bits per heavy atom. The van der Waals surface area contributed by atoms with Crippen molar-refractivity contribution in [1.82, 2.24) is 19.6 Å². The number of hydrogen-bond donors (Lipinski definition) is 0. The molecule has 0 aliphatic carbocycles. The predicted octanol–water partition coefficient (Wildman–Crippen LogP) is 3.82. The van der Waals surface area contributed by atoms with Crippen molar-refractivity contribution in [2.75, 3.05) is 33.2 Å². The highest BCUT2D eigenvalue weighted by atomic mass is 19.1. The van der Waals surface area contributed by atoms with Gasteiger partial charge in [0.15, 0.2) is 0 Å². The first-order valence-corrected chi connectivity index (χ1v) is 11.0. The van der Waals surface area contributed by atoms with Crippen molar-refractivity contribution >= 4 is 6.08 Å². The third kappa shape index (κ3) is 5.39. The number of likely N-dealkylation sites (N-methyl/N-ethyl adjacent to an activating group) is 1. The summed E-state index contributed by atoms with van der Waals surface area (Å²) in [6.45, 7) is 6.53. The summed E-state index contributed by atoms with van der Waals surface area (Å²) in [7, 11) is 2.12. The van der Waals surface area contributed by atoms with E-state index in [1.54, 1.807) is 19.1 Å². The van der Waals surface area contributed by atoms with Gasteiger partial charge in [-0.05, 0) is 49.4 Å². The lowest BCUT2D eigenvalue weighted by atomic mass is 10.1. The van der Waals surface area contributed by atoms with Gasteiger partial charge in [-0.2, -0.15) is 5.10 Å². The largest absolute Gasteiger partial charge is 0.304 e. The Hall–Kier alpha value is -3.09. The Labute approximate surface area is 188 Å². The summed E-state index contributed by atoms with van der Waals surface area (Å²) >= 11 is 0. The Kier molecular flexibility index (Phi) is 6.93. The monoisotopic (exact) mass is 432 g/mol. The van der Waals surface area contributed by atoms with Crippen LogP contribution in [0.2, 0.25) is 0 Å². The zero-order chi connectivity index (χ0) is 22.5. The normalized spacial score (nSPS) is 15.5. The molecule has 0 atom stereocenters. The summed E-state index contributed by atoms with van der Waals surface area (Å²) in [5.74, 6) is -0.245. The van der Waals surface area contributed by atoms with E-state index >= 15 is 0 Å². The second-order valence-electron chi connectivity index (χ2n) is 8.40. The molecule has 1 aromatic heterocycles. The van der Waals surface area contributed by atoms with Gasteiger partial charge >= 0.3 is 0 Å². The van der Waals surface area contributed by atoms with Gasteiger partial charge in [-0.25, -0.2) is 9.07 Å². The van der Waals surface area contributed by atoms with Crippen molar-refractivity contribution in [1.29, 1.82) is 0 Å². The van der Waals surface area contributed by atoms with Crippen LogP contribution in [0.15, 0.2) is 65.5 Å². The van der Waals surface area contributed by atoms with Gasteiger partial charge in [0.05, 0.1) is 12.2 Å². The summed E-state index contributed by atoms with van der Waals surface area (Å²) in [5, 5.41) is 4.61. The minimum absolute atomic E-state index is 0.0794. The summed E-state index contributed by atoms with van der Waals surface area (Å²) in [6, 6.07) is 16.8. The molecule has 3 aromatic rings. The molecule has 0 amide bonds. The number of nitrogens with zero attached hydrogens (tertiary/aromatic N) is 4. The van der Waals surface area contributed by atoms with Crippen molar-refractivity contribution in [2.24, 2.45) is 0 Å². The highest BCUT2D eigenvalue weighted by Gasteiger charge is 2.17. The van der Waals surface area contributed by atoms with Crippen molar-refractivity contribution in [2.45, 2.75) is 20.0 Å². The van der Waals surface area contributed by atoms with E-state index in [0.717, 1.165) is 42.9 Å². The SMILES string of the molecule is Cc1cc(-c2cc(CN3CCN(C)CC3)c(=O)n(CC=Cc3ccccc3)n2)ccc1F. The molecule has 4 rings (SSSR count). The third-order valence-corrected chi connectivity index (χ3v) is 5.88. The Morgan fingerprint density at radius 1 is 1.03 bits per heavy atom. The number of halogens is 1. The summed E-state index contributed by atoms with van der Waals surface area (Å²) in [5.41, 5.74) is 3.77. The van der Waals surface area contributed by atoms with Crippen molar-refractivity contribution < 1.29 is 4.39 Å². The molecule has 2 heterocycles. The third-order valence-electron chi connectivity index (χ3n) is 5.88. The van der Waals surface area contributed by atoms with Gasteiger partial charge in [-0.3, -0.25) is 9.69 Å². The molecule has 2 aromatic carbocycles. The quantitative estimate of drug-likeness (QED) is 0.594. The lowest BCUT2D eigenvalue weighted by Crippen LogP contribution is -2.44. The van der Waals surface area contributed by atoms with Crippen LogP contribution >= 0.6 is 0 Å². The van der Waals surface area contributed by atoms with Crippen LogP contribution in [-0.2, 0) is 13.1 Å². The van der Waals surface area contributed by atoms with Gasteiger partial charge in [-0.1, -0.05) is 42.5 Å². The number of rotatable bonds is 6. The van der Waals surface area contributed by atoms with Gasteiger partial charge in [0, 0.05) is 43.9 Å². The average molecular weight is 433 g/mol. The van der Waals surface area contributed by atoms with Crippen LogP contribution in [-0.4, -0.2) is 52.8 Å². The Balaban J connectivity index is 1.66. The molecular formula is C26H29FN4O. The van der Waals surface area contributed by atoms with Crippen LogP contribution in [0.3, 0.4) is 0 Å². The van der Waals surface area contributed by atoms with Crippen LogP contribution < -0.4 is 5.56 Å². The van der Waals surface area contributed by atoms with Gasteiger partial charge in [-0.15, -0.1) is 0 Å². The van der Waals surface area contributed by atoms with Crippen LogP contribution in [0, 0.1) is 12.7 Å². The molecule has 6 heteroatoms. The van der Waals surface area contributed by atoms with E-state index in [1.807, 2.05) is 48.6 Å². The van der Waals surface area contributed by atoms with Crippen molar-refractivity contribution in [3.8, 4) is 11.3 Å². The molecule has 166 valence electrons. The fourth-order valence-corrected chi connectivity index (χ4v) is 3.88. The highest BCUT2D eigenvalue weighted by Crippen LogP contribution is 2.20. The molecule has 0 spiro atoms. The van der Waals surface area contributed by atoms with E-state index in [0.29, 0.717) is 24.3 Å². The Morgan fingerprint density at radius 3 is 2.50 bits per heavy atom. The lowest BCUT2D eigenvalue weighted by Gasteiger charge is -2.32. The molecule has 0 unspecified atom stereocenters. The first kappa shape index (κ1) is 22.1. The molecule has 5 nitrogen and oxygen atoms in total. The smallest absolute Gasteiger partial charge is 0.271 e. The average Bonchev–Trinajstić information content (AvgIpc) is 2.80. The number of aromatic nitrogens is 2.